The Morgan fingerprint density at radius 2 is 2.00 bits per heavy atom. The summed E-state index contributed by atoms with van der Waals surface area (Å²) in [4.78, 5) is 4.36. The fraction of sp³-hybridized carbons (Fsp3) is 0.429. The highest BCUT2D eigenvalue weighted by atomic mass is 16.3. The highest BCUT2D eigenvalue weighted by Gasteiger charge is 2.32. The van der Waals surface area contributed by atoms with Crippen LogP contribution in [-0.2, 0) is 13.1 Å². The van der Waals surface area contributed by atoms with E-state index in [1.165, 1.54) is 5.56 Å². The van der Waals surface area contributed by atoms with Gasteiger partial charge in [-0.1, -0.05) is 12.1 Å². The number of hydrogen-bond donors (Lipinski definition) is 2. The summed E-state index contributed by atoms with van der Waals surface area (Å²) in [6, 6.07) is 10.6. The first-order valence-corrected chi connectivity index (χ1v) is 9.59. The Bertz CT molecular complexity index is 869. The molecule has 0 spiro atoms. The number of benzene rings is 1. The Morgan fingerprint density at radius 3 is 2.67 bits per heavy atom. The molecule has 0 radical (unpaired) electrons. The third-order valence-corrected chi connectivity index (χ3v) is 5.67. The van der Waals surface area contributed by atoms with Gasteiger partial charge in [0.05, 0.1) is 18.1 Å². The molecular formula is C21H27N5O. The number of aliphatic hydroxyl groups excluding tert-OH is 1. The predicted molar refractivity (Wildman–Crippen MR) is 105 cm³/mol. The lowest BCUT2D eigenvalue weighted by molar-refractivity contribution is 0.145. The SMILES string of the molecule is Cc1ncn(-c2ccc(CN[C@@H]3CC(Cn4cccn4)C[C@H]3O)cc2)c1C. The number of imidazole rings is 1. The van der Waals surface area contributed by atoms with Crippen molar-refractivity contribution < 1.29 is 5.11 Å². The fourth-order valence-electron chi connectivity index (χ4n) is 3.94. The van der Waals surface area contributed by atoms with Gasteiger partial charge in [0.25, 0.3) is 0 Å². The first-order valence-electron chi connectivity index (χ1n) is 9.59. The van der Waals surface area contributed by atoms with Gasteiger partial charge in [-0.3, -0.25) is 4.68 Å². The molecule has 0 aliphatic heterocycles. The first kappa shape index (κ1) is 17.9. The minimum absolute atomic E-state index is 0.142. The second-order valence-corrected chi connectivity index (χ2v) is 7.57. The zero-order valence-electron chi connectivity index (χ0n) is 15.9. The molecule has 0 saturated heterocycles. The van der Waals surface area contributed by atoms with Crippen molar-refractivity contribution in [3.63, 3.8) is 0 Å². The fourth-order valence-corrected chi connectivity index (χ4v) is 3.94. The average Bonchev–Trinajstić information content (AvgIpc) is 3.37. The molecule has 2 heterocycles. The van der Waals surface area contributed by atoms with Gasteiger partial charge in [-0.15, -0.1) is 0 Å². The second kappa shape index (κ2) is 7.66. The Morgan fingerprint density at radius 1 is 1.19 bits per heavy atom. The lowest BCUT2D eigenvalue weighted by Gasteiger charge is -2.17. The van der Waals surface area contributed by atoms with Gasteiger partial charge in [0, 0.05) is 42.9 Å². The van der Waals surface area contributed by atoms with Crippen LogP contribution in [-0.4, -0.2) is 36.6 Å². The molecule has 1 aliphatic rings. The maximum Gasteiger partial charge on any atom is 0.0997 e. The third kappa shape index (κ3) is 3.96. The minimum atomic E-state index is -0.290. The molecule has 4 rings (SSSR count). The molecular weight excluding hydrogens is 338 g/mol. The van der Waals surface area contributed by atoms with Crippen molar-refractivity contribution in [1.82, 2.24) is 24.6 Å². The minimum Gasteiger partial charge on any atom is -0.391 e. The Balaban J connectivity index is 1.33. The Kier molecular flexibility index (Phi) is 5.09. The van der Waals surface area contributed by atoms with Crippen molar-refractivity contribution >= 4 is 0 Å². The van der Waals surface area contributed by atoms with Crippen LogP contribution in [0.1, 0.15) is 29.8 Å². The molecule has 2 N–H and O–H groups in total. The second-order valence-electron chi connectivity index (χ2n) is 7.57. The van der Waals surface area contributed by atoms with Crippen molar-refractivity contribution in [1.29, 1.82) is 0 Å². The average molecular weight is 365 g/mol. The van der Waals surface area contributed by atoms with Gasteiger partial charge in [0.15, 0.2) is 0 Å². The van der Waals surface area contributed by atoms with E-state index in [1.807, 2.05) is 30.2 Å². The lowest BCUT2D eigenvalue weighted by Crippen LogP contribution is -2.35. The molecule has 1 aromatic carbocycles. The molecule has 1 fully saturated rings. The van der Waals surface area contributed by atoms with Gasteiger partial charge in [-0.25, -0.2) is 4.98 Å². The van der Waals surface area contributed by atoms with Crippen LogP contribution in [0.5, 0.6) is 0 Å². The molecule has 27 heavy (non-hydrogen) atoms. The monoisotopic (exact) mass is 365 g/mol. The maximum atomic E-state index is 10.4. The maximum absolute atomic E-state index is 10.4. The normalized spacial score (nSPS) is 22.4. The smallest absolute Gasteiger partial charge is 0.0997 e. The van der Waals surface area contributed by atoms with Gasteiger partial charge in [-0.2, -0.15) is 5.10 Å². The molecule has 1 saturated carbocycles. The molecule has 0 amide bonds. The van der Waals surface area contributed by atoms with Gasteiger partial charge in [0.2, 0.25) is 0 Å². The van der Waals surface area contributed by atoms with Crippen LogP contribution in [0.4, 0.5) is 0 Å². The number of aromatic nitrogens is 4. The van der Waals surface area contributed by atoms with Crippen LogP contribution >= 0.6 is 0 Å². The summed E-state index contributed by atoms with van der Waals surface area (Å²) in [7, 11) is 0. The van der Waals surface area contributed by atoms with Crippen LogP contribution in [0.15, 0.2) is 49.1 Å². The van der Waals surface area contributed by atoms with Crippen LogP contribution in [0.3, 0.4) is 0 Å². The first-order chi connectivity index (χ1) is 13.1. The number of aliphatic hydroxyl groups is 1. The summed E-state index contributed by atoms with van der Waals surface area (Å²) in [6.45, 7) is 5.74. The summed E-state index contributed by atoms with van der Waals surface area (Å²) >= 11 is 0. The zero-order chi connectivity index (χ0) is 18.8. The van der Waals surface area contributed by atoms with Crippen molar-refractivity contribution in [2.24, 2.45) is 5.92 Å². The van der Waals surface area contributed by atoms with E-state index in [2.05, 4.69) is 51.2 Å². The van der Waals surface area contributed by atoms with Gasteiger partial charge in [0.1, 0.15) is 0 Å². The molecule has 6 nitrogen and oxygen atoms in total. The molecule has 0 bridgehead atoms. The van der Waals surface area contributed by atoms with Crippen molar-refractivity contribution in [3.8, 4) is 5.69 Å². The van der Waals surface area contributed by atoms with E-state index >= 15 is 0 Å². The van der Waals surface area contributed by atoms with Crippen LogP contribution in [0.2, 0.25) is 0 Å². The van der Waals surface area contributed by atoms with Crippen molar-refractivity contribution in [2.45, 2.75) is 51.9 Å². The molecule has 1 unspecified atom stereocenters. The third-order valence-electron chi connectivity index (χ3n) is 5.67. The number of hydrogen-bond acceptors (Lipinski definition) is 4. The van der Waals surface area contributed by atoms with E-state index in [1.54, 1.807) is 6.20 Å². The quantitative estimate of drug-likeness (QED) is 0.705. The van der Waals surface area contributed by atoms with E-state index in [0.717, 1.165) is 43.0 Å². The predicted octanol–water partition coefficient (Wildman–Crippen LogP) is 2.61. The van der Waals surface area contributed by atoms with Gasteiger partial charge >= 0.3 is 0 Å². The van der Waals surface area contributed by atoms with E-state index in [-0.39, 0.29) is 12.1 Å². The zero-order valence-corrected chi connectivity index (χ0v) is 15.9. The topological polar surface area (TPSA) is 67.9 Å². The van der Waals surface area contributed by atoms with E-state index in [4.69, 9.17) is 0 Å². The molecule has 3 aromatic rings. The Labute approximate surface area is 159 Å². The number of rotatable bonds is 6. The summed E-state index contributed by atoms with van der Waals surface area (Å²) in [5.41, 5.74) is 4.56. The van der Waals surface area contributed by atoms with Crippen molar-refractivity contribution in [3.05, 3.63) is 66.0 Å². The molecule has 3 atom stereocenters. The Hall–Kier alpha value is -2.44. The van der Waals surface area contributed by atoms with Crippen LogP contribution < -0.4 is 5.32 Å². The summed E-state index contributed by atoms with van der Waals surface area (Å²) in [6.07, 6.45) is 7.17. The molecule has 1 aliphatic carbocycles. The standard InChI is InChI=1S/C21H27N5O/c1-15-16(2)26(14-23-15)19-6-4-17(5-7-19)12-22-20-10-18(11-21(20)27)13-25-9-3-8-24-25/h3-9,14,18,20-22,27H,10-13H2,1-2H3/t18?,20-,21-/m1/s1. The number of nitrogens with one attached hydrogen (secondary N) is 1. The highest BCUT2D eigenvalue weighted by Crippen LogP contribution is 2.27. The van der Waals surface area contributed by atoms with E-state index in [0.29, 0.717) is 5.92 Å². The molecule has 2 aromatic heterocycles. The van der Waals surface area contributed by atoms with Crippen LogP contribution in [0, 0.1) is 19.8 Å². The van der Waals surface area contributed by atoms with E-state index < -0.39 is 0 Å². The van der Waals surface area contributed by atoms with Crippen molar-refractivity contribution in [2.75, 3.05) is 0 Å². The summed E-state index contributed by atoms with van der Waals surface area (Å²) in [5, 5.41) is 18.2. The summed E-state index contributed by atoms with van der Waals surface area (Å²) in [5.74, 6) is 0.465. The lowest BCUT2D eigenvalue weighted by atomic mass is 10.1. The van der Waals surface area contributed by atoms with E-state index in [9.17, 15) is 5.11 Å². The largest absolute Gasteiger partial charge is 0.391 e. The van der Waals surface area contributed by atoms with Crippen LogP contribution in [0.25, 0.3) is 5.69 Å². The van der Waals surface area contributed by atoms with Gasteiger partial charge in [-0.05, 0) is 56.4 Å². The number of nitrogens with zero attached hydrogens (tertiary/aromatic N) is 4. The van der Waals surface area contributed by atoms with Gasteiger partial charge < -0.3 is 15.0 Å². The molecule has 142 valence electrons. The number of aryl methyl sites for hydroxylation is 1. The molecule has 6 heteroatoms. The highest BCUT2D eigenvalue weighted by molar-refractivity contribution is 5.37. The summed E-state index contributed by atoms with van der Waals surface area (Å²) < 4.78 is 4.06.